The highest BCUT2D eigenvalue weighted by atomic mass is 16.7. The zero-order valence-corrected chi connectivity index (χ0v) is 11.8. The van der Waals surface area contributed by atoms with E-state index in [4.69, 9.17) is 13.9 Å². The van der Waals surface area contributed by atoms with E-state index in [9.17, 15) is 9.59 Å². The van der Waals surface area contributed by atoms with Crippen molar-refractivity contribution in [1.82, 2.24) is 4.90 Å². The van der Waals surface area contributed by atoms with Gasteiger partial charge in [-0.25, -0.2) is 9.59 Å². The molecule has 1 aromatic rings. The quantitative estimate of drug-likeness (QED) is 0.629. The van der Waals surface area contributed by atoms with Gasteiger partial charge in [-0.1, -0.05) is 0 Å². The highest BCUT2D eigenvalue weighted by molar-refractivity contribution is 5.86. The van der Waals surface area contributed by atoms with Crippen LogP contribution >= 0.6 is 0 Å². The number of hydrogen-bond donors (Lipinski definition) is 0. The van der Waals surface area contributed by atoms with E-state index in [0.717, 1.165) is 19.3 Å². The molecule has 20 heavy (non-hydrogen) atoms. The molecule has 0 N–H and O–H groups in total. The van der Waals surface area contributed by atoms with Crippen LogP contribution < -0.4 is 0 Å². The molecule has 2 heterocycles. The van der Waals surface area contributed by atoms with Crippen LogP contribution in [0.5, 0.6) is 0 Å². The number of rotatable bonds is 3. The molecular weight excluding hydrogens is 262 g/mol. The first-order valence-electron chi connectivity index (χ1n) is 6.79. The Morgan fingerprint density at radius 1 is 1.20 bits per heavy atom. The number of carbonyl (C=O) groups is 2. The topological polar surface area (TPSA) is 69.0 Å². The highest BCUT2D eigenvalue weighted by Crippen LogP contribution is 2.13. The summed E-state index contributed by atoms with van der Waals surface area (Å²) in [6.07, 6.45) is 1.71. The SMILES string of the molecule is Cc1ccc(C(=O)OC(C)OC(=O)N2CCCCC2)o1. The largest absolute Gasteiger partial charge is 0.454 e. The van der Waals surface area contributed by atoms with E-state index in [2.05, 4.69) is 0 Å². The molecule has 0 aromatic carbocycles. The minimum Gasteiger partial charge on any atom is -0.454 e. The number of furan rings is 1. The summed E-state index contributed by atoms with van der Waals surface area (Å²) in [7, 11) is 0. The fraction of sp³-hybridized carbons (Fsp3) is 0.571. The van der Waals surface area contributed by atoms with Gasteiger partial charge in [0, 0.05) is 20.0 Å². The number of nitrogens with zero attached hydrogens (tertiary/aromatic N) is 1. The van der Waals surface area contributed by atoms with Gasteiger partial charge in [-0.15, -0.1) is 0 Å². The van der Waals surface area contributed by atoms with Crippen LogP contribution in [0.1, 0.15) is 42.5 Å². The van der Waals surface area contributed by atoms with Crippen molar-refractivity contribution < 1.29 is 23.5 Å². The molecule has 1 aliphatic heterocycles. The number of amides is 1. The van der Waals surface area contributed by atoms with Gasteiger partial charge in [-0.3, -0.25) is 0 Å². The molecule has 1 fully saturated rings. The van der Waals surface area contributed by atoms with E-state index in [1.54, 1.807) is 17.9 Å². The molecule has 0 aliphatic carbocycles. The third-order valence-electron chi connectivity index (χ3n) is 3.10. The maximum absolute atomic E-state index is 11.8. The average Bonchev–Trinajstić information content (AvgIpc) is 2.86. The fourth-order valence-electron chi connectivity index (χ4n) is 2.07. The van der Waals surface area contributed by atoms with Crippen molar-refractivity contribution in [2.24, 2.45) is 0 Å². The van der Waals surface area contributed by atoms with Gasteiger partial charge < -0.3 is 18.8 Å². The van der Waals surface area contributed by atoms with Crippen LogP contribution in [0.4, 0.5) is 4.79 Å². The maximum atomic E-state index is 11.8. The van der Waals surface area contributed by atoms with Gasteiger partial charge in [0.1, 0.15) is 5.76 Å². The number of aryl methyl sites for hydroxylation is 1. The molecular formula is C14H19NO5. The Hall–Kier alpha value is -1.98. The van der Waals surface area contributed by atoms with E-state index >= 15 is 0 Å². The zero-order valence-electron chi connectivity index (χ0n) is 11.8. The minimum atomic E-state index is -0.942. The second-order valence-electron chi connectivity index (χ2n) is 4.81. The molecule has 1 aromatic heterocycles. The van der Waals surface area contributed by atoms with Gasteiger partial charge in [0.05, 0.1) is 0 Å². The van der Waals surface area contributed by atoms with Gasteiger partial charge >= 0.3 is 12.1 Å². The molecule has 6 nitrogen and oxygen atoms in total. The first-order valence-corrected chi connectivity index (χ1v) is 6.79. The third kappa shape index (κ3) is 3.76. The average molecular weight is 281 g/mol. The molecule has 1 aliphatic rings. The van der Waals surface area contributed by atoms with E-state index in [1.807, 2.05) is 0 Å². The minimum absolute atomic E-state index is 0.100. The lowest BCUT2D eigenvalue weighted by Gasteiger charge is -2.27. The summed E-state index contributed by atoms with van der Waals surface area (Å²) in [6, 6.07) is 3.19. The summed E-state index contributed by atoms with van der Waals surface area (Å²) in [5.74, 6) is 0.0790. The number of piperidine rings is 1. The lowest BCUT2D eigenvalue weighted by Crippen LogP contribution is -2.38. The summed E-state index contributed by atoms with van der Waals surface area (Å²) in [5, 5.41) is 0. The highest BCUT2D eigenvalue weighted by Gasteiger charge is 2.22. The Kier molecular flexibility index (Phi) is 4.65. The van der Waals surface area contributed by atoms with Crippen LogP contribution in [0, 0.1) is 6.92 Å². The number of esters is 1. The molecule has 2 rings (SSSR count). The van der Waals surface area contributed by atoms with Crippen LogP contribution in [0.2, 0.25) is 0 Å². The Balaban J connectivity index is 1.81. The predicted molar refractivity (Wildman–Crippen MR) is 70.2 cm³/mol. The van der Waals surface area contributed by atoms with Gasteiger partial charge in [0.25, 0.3) is 0 Å². The Bertz CT molecular complexity index is 476. The van der Waals surface area contributed by atoms with Crippen molar-refractivity contribution in [2.75, 3.05) is 13.1 Å². The van der Waals surface area contributed by atoms with E-state index < -0.39 is 18.4 Å². The summed E-state index contributed by atoms with van der Waals surface area (Å²) >= 11 is 0. The lowest BCUT2D eigenvalue weighted by molar-refractivity contribution is -0.0717. The van der Waals surface area contributed by atoms with E-state index in [1.165, 1.54) is 13.0 Å². The fourth-order valence-corrected chi connectivity index (χ4v) is 2.07. The van der Waals surface area contributed by atoms with Crippen molar-refractivity contribution in [2.45, 2.75) is 39.4 Å². The Labute approximate surface area is 117 Å². The maximum Gasteiger partial charge on any atom is 0.412 e. The molecule has 0 radical (unpaired) electrons. The van der Waals surface area contributed by atoms with E-state index in [0.29, 0.717) is 18.8 Å². The molecule has 1 saturated heterocycles. The van der Waals surface area contributed by atoms with Gasteiger partial charge in [0.15, 0.2) is 0 Å². The van der Waals surface area contributed by atoms with Crippen LogP contribution in [0.25, 0.3) is 0 Å². The van der Waals surface area contributed by atoms with Gasteiger partial charge in [-0.2, -0.15) is 0 Å². The normalized spacial score (nSPS) is 16.6. The molecule has 1 atom stereocenters. The van der Waals surface area contributed by atoms with Gasteiger partial charge in [-0.05, 0) is 38.3 Å². The summed E-state index contributed by atoms with van der Waals surface area (Å²) in [6.45, 7) is 4.62. The Morgan fingerprint density at radius 2 is 1.90 bits per heavy atom. The van der Waals surface area contributed by atoms with Crippen LogP contribution in [0.15, 0.2) is 16.5 Å². The van der Waals surface area contributed by atoms with Crippen molar-refractivity contribution in [1.29, 1.82) is 0 Å². The van der Waals surface area contributed by atoms with Crippen molar-refractivity contribution in [3.63, 3.8) is 0 Å². The van der Waals surface area contributed by atoms with Crippen molar-refractivity contribution in [3.05, 3.63) is 23.7 Å². The number of ether oxygens (including phenoxy) is 2. The van der Waals surface area contributed by atoms with Crippen LogP contribution in [-0.2, 0) is 9.47 Å². The first-order chi connectivity index (χ1) is 9.56. The predicted octanol–water partition coefficient (Wildman–Crippen LogP) is 2.71. The number of hydrogen-bond acceptors (Lipinski definition) is 5. The molecule has 0 saturated carbocycles. The monoisotopic (exact) mass is 281 g/mol. The zero-order chi connectivity index (χ0) is 14.5. The second kappa shape index (κ2) is 6.45. The number of likely N-dealkylation sites (tertiary alicyclic amines) is 1. The van der Waals surface area contributed by atoms with E-state index in [-0.39, 0.29) is 5.76 Å². The van der Waals surface area contributed by atoms with Crippen LogP contribution in [0.3, 0.4) is 0 Å². The molecule has 1 amide bonds. The third-order valence-corrected chi connectivity index (χ3v) is 3.10. The summed E-state index contributed by atoms with van der Waals surface area (Å²) in [4.78, 5) is 25.2. The standard InChI is InChI=1S/C14H19NO5/c1-10-6-7-12(18-10)13(16)19-11(2)20-14(17)15-8-4-3-5-9-15/h6-7,11H,3-5,8-9H2,1-2H3. The lowest BCUT2D eigenvalue weighted by atomic mass is 10.1. The molecule has 110 valence electrons. The number of carbonyl (C=O) groups excluding carboxylic acids is 2. The van der Waals surface area contributed by atoms with Crippen LogP contribution in [-0.4, -0.2) is 36.3 Å². The smallest absolute Gasteiger partial charge is 0.412 e. The molecule has 1 unspecified atom stereocenters. The van der Waals surface area contributed by atoms with Crippen molar-refractivity contribution in [3.8, 4) is 0 Å². The second-order valence-corrected chi connectivity index (χ2v) is 4.81. The Morgan fingerprint density at radius 3 is 2.50 bits per heavy atom. The molecule has 0 bridgehead atoms. The van der Waals surface area contributed by atoms with Crippen molar-refractivity contribution >= 4 is 12.1 Å². The van der Waals surface area contributed by atoms with Gasteiger partial charge in [0.2, 0.25) is 12.1 Å². The first kappa shape index (κ1) is 14.4. The summed E-state index contributed by atoms with van der Waals surface area (Å²) < 4.78 is 15.2. The molecule has 0 spiro atoms. The summed E-state index contributed by atoms with van der Waals surface area (Å²) in [5.41, 5.74) is 0. The molecule has 6 heteroatoms.